The molecule has 0 atom stereocenters. The third kappa shape index (κ3) is 3.34. The van der Waals surface area contributed by atoms with Gasteiger partial charge in [-0.25, -0.2) is 0 Å². The summed E-state index contributed by atoms with van der Waals surface area (Å²) in [6.45, 7) is 0. The van der Waals surface area contributed by atoms with E-state index in [1.165, 1.54) is 7.11 Å². The van der Waals surface area contributed by atoms with Crippen LogP contribution in [0.2, 0.25) is 0 Å². The van der Waals surface area contributed by atoms with Gasteiger partial charge in [0.2, 0.25) is 0 Å². The fourth-order valence-corrected chi connectivity index (χ4v) is 2.72. The van der Waals surface area contributed by atoms with Crippen molar-refractivity contribution in [2.75, 3.05) is 7.11 Å². The molecule has 2 aromatic carbocycles. The van der Waals surface area contributed by atoms with Crippen molar-refractivity contribution < 1.29 is 9.53 Å². The number of benzene rings is 2. The van der Waals surface area contributed by atoms with Gasteiger partial charge in [0.15, 0.2) is 0 Å². The van der Waals surface area contributed by atoms with Crippen LogP contribution in [0.5, 0.6) is 0 Å². The summed E-state index contributed by atoms with van der Waals surface area (Å²) in [5.74, 6) is -0.188. The molecule has 0 fully saturated rings. The van der Waals surface area contributed by atoms with Gasteiger partial charge in [-0.2, -0.15) is 0 Å². The summed E-state index contributed by atoms with van der Waals surface area (Å²) in [6.07, 6.45) is 1.02. The third-order valence-electron chi connectivity index (χ3n) is 3.86. The van der Waals surface area contributed by atoms with E-state index in [2.05, 4.69) is 41.0 Å². The van der Waals surface area contributed by atoms with Crippen molar-refractivity contribution in [2.45, 2.75) is 12.8 Å². The number of hydrogen-bond acceptors (Lipinski definition) is 2. The first-order valence-electron chi connectivity index (χ1n) is 7.68. The summed E-state index contributed by atoms with van der Waals surface area (Å²) < 4.78 is 6.97. The van der Waals surface area contributed by atoms with Crippen LogP contribution in [-0.4, -0.2) is 17.6 Å². The van der Waals surface area contributed by atoms with Crippen molar-refractivity contribution in [1.29, 1.82) is 0 Å². The monoisotopic (exact) mass is 305 g/mol. The highest BCUT2D eigenvalue weighted by atomic mass is 16.5. The summed E-state index contributed by atoms with van der Waals surface area (Å²) in [6, 6.07) is 24.7. The lowest BCUT2D eigenvalue weighted by molar-refractivity contribution is -0.140. The second kappa shape index (κ2) is 6.97. The first-order valence-corrected chi connectivity index (χ1v) is 7.68. The predicted molar refractivity (Wildman–Crippen MR) is 91.5 cm³/mol. The van der Waals surface area contributed by atoms with Crippen molar-refractivity contribution in [3.8, 4) is 16.9 Å². The molecule has 3 nitrogen and oxygen atoms in total. The SMILES string of the molecule is COC(=O)CCc1ccc(-c2ccccc2)n1-c1ccccc1. The number of ether oxygens (including phenoxy) is 1. The highest BCUT2D eigenvalue weighted by Gasteiger charge is 2.13. The molecule has 3 rings (SSSR count). The van der Waals surface area contributed by atoms with Crippen LogP contribution >= 0.6 is 0 Å². The Morgan fingerprint density at radius 1 is 0.913 bits per heavy atom. The van der Waals surface area contributed by atoms with Crippen molar-refractivity contribution in [3.63, 3.8) is 0 Å². The van der Waals surface area contributed by atoms with Crippen LogP contribution in [0.1, 0.15) is 12.1 Å². The average molecular weight is 305 g/mol. The van der Waals surface area contributed by atoms with Crippen molar-refractivity contribution in [2.24, 2.45) is 0 Å². The standard InChI is InChI=1S/C20H19NO2/c1-23-20(22)15-13-18-12-14-19(16-8-4-2-5-9-16)21(18)17-10-6-3-7-11-17/h2-12,14H,13,15H2,1H3. The summed E-state index contributed by atoms with van der Waals surface area (Å²) in [4.78, 5) is 11.5. The average Bonchev–Trinajstić information content (AvgIpc) is 3.05. The number of carbonyl (C=O) groups excluding carboxylic acids is 1. The Kier molecular flexibility index (Phi) is 4.57. The fraction of sp³-hybridized carbons (Fsp3) is 0.150. The minimum Gasteiger partial charge on any atom is -0.469 e. The molecule has 1 aromatic heterocycles. The van der Waals surface area contributed by atoms with E-state index in [1.54, 1.807) is 0 Å². The Hall–Kier alpha value is -2.81. The number of esters is 1. The van der Waals surface area contributed by atoms with Crippen LogP contribution in [0.25, 0.3) is 16.9 Å². The lowest BCUT2D eigenvalue weighted by Crippen LogP contribution is -2.06. The minimum atomic E-state index is -0.188. The molecular formula is C20H19NO2. The van der Waals surface area contributed by atoms with Crippen LogP contribution in [0.4, 0.5) is 0 Å². The van der Waals surface area contributed by atoms with Crippen LogP contribution in [0.15, 0.2) is 72.8 Å². The maximum Gasteiger partial charge on any atom is 0.305 e. The van der Waals surface area contributed by atoms with Crippen LogP contribution in [-0.2, 0) is 16.0 Å². The Morgan fingerprint density at radius 2 is 1.57 bits per heavy atom. The zero-order valence-corrected chi connectivity index (χ0v) is 13.1. The van der Waals surface area contributed by atoms with Crippen molar-refractivity contribution in [3.05, 3.63) is 78.5 Å². The van der Waals surface area contributed by atoms with Gasteiger partial charge in [0.05, 0.1) is 19.2 Å². The lowest BCUT2D eigenvalue weighted by Gasteiger charge is -2.14. The second-order valence-corrected chi connectivity index (χ2v) is 5.32. The Labute approximate surface area is 136 Å². The lowest BCUT2D eigenvalue weighted by atomic mass is 10.1. The number of para-hydroxylation sites is 1. The molecule has 0 saturated heterocycles. The molecule has 0 unspecified atom stereocenters. The number of aryl methyl sites for hydroxylation is 1. The largest absolute Gasteiger partial charge is 0.469 e. The van der Waals surface area contributed by atoms with Gasteiger partial charge in [0.1, 0.15) is 0 Å². The van der Waals surface area contributed by atoms with E-state index in [1.807, 2.05) is 36.4 Å². The number of hydrogen-bond donors (Lipinski definition) is 0. The Bertz CT molecular complexity index is 776. The smallest absolute Gasteiger partial charge is 0.305 e. The van der Waals surface area contributed by atoms with Crippen molar-refractivity contribution >= 4 is 5.97 Å². The summed E-state index contributed by atoms with van der Waals surface area (Å²) in [7, 11) is 1.42. The van der Waals surface area contributed by atoms with E-state index in [0.717, 1.165) is 22.6 Å². The number of carbonyl (C=O) groups is 1. The molecule has 0 N–H and O–H groups in total. The molecule has 3 heteroatoms. The third-order valence-corrected chi connectivity index (χ3v) is 3.86. The summed E-state index contributed by atoms with van der Waals surface area (Å²) in [5.41, 5.74) is 4.47. The first kappa shape index (κ1) is 15.1. The number of nitrogens with zero attached hydrogens (tertiary/aromatic N) is 1. The summed E-state index contributed by atoms with van der Waals surface area (Å²) >= 11 is 0. The van der Waals surface area contributed by atoms with Gasteiger partial charge in [0.25, 0.3) is 0 Å². The van der Waals surface area contributed by atoms with Gasteiger partial charge in [-0.1, -0.05) is 48.5 Å². The maximum atomic E-state index is 11.5. The molecule has 0 aliphatic heterocycles. The normalized spacial score (nSPS) is 10.5. The van der Waals surface area contributed by atoms with E-state index in [0.29, 0.717) is 12.8 Å². The van der Waals surface area contributed by atoms with Gasteiger partial charge >= 0.3 is 5.97 Å². The minimum absolute atomic E-state index is 0.188. The molecule has 0 saturated carbocycles. The zero-order chi connectivity index (χ0) is 16.1. The Morgan fingerprint density at radius 3 is 2.22 bits per heavy atom. The Balaban J connectivity index is 2.04. The molecule has 0 amide bonds. The topological polar surface area (TPSA) is 31.2 Å². The van der Waals surface area contributed by atoms with Crippen molar-refractivity contribution in [1.82, 2.24) is 4.57 Å². The highest BCUT2D eigenvalue weighted by Crippen LogP contribution is 2.27. The zero-order valence-electron chi connectivity index (χ0n) is 13.1. The number of rotatable bonds is 5. The molecule has 116 valence electrons. The van der Waals surface area contributed by atoms with E-state index < -0.39 is 0 Å². The molecule has 0 bridgehead atoms. The van der Waals surface area contributed by atoms with Gasteiger partial charge in [-0.05, 0) is 36.2 Å². The number of methoxy groups -OCH3 is 1. The second-order valence-electron chi connectivity index (χ2n) is 5.32. The first-order chi connectivity index (χ1) is 11.3. The van der Waals surface area contributed by atoms with Gasteiger partial charge in [-0.3, -0.25) is 4.79 Å². The molecule has 0 aliphatic carbocycles. The fourth-order valence-electron chi connectivity index (χ4n) is 2.72. The maximum absolute atomic E-state index is 11.5. The van der Waals surface area contributed by atoms with Gasteiger partial charge < -0.3 is 9.30 Å². The van der Waals surface area contributed by atoms with E-state index in [4.69, 9.17) is 4.74 Å². The van der Waals surface area contributed by atoms with E-state index in [9.17, 15) is 4.79 Å². The predicted octanol–water partition coefficient (Wildman–Crippen LogP) is 4.25. The quantitative estimate of drug-likeness (QED) is 0.660. The molecule has 0 aliphatic rings. The highest BCUT2D eigenvalue weighted by molar-refractivity contribution is 5.70. The molecule has 3 aromatic rings. The number of aromatic nitrogens is 1. The van der Waals surface area contributed by atoms with Gasteiger partial charge in [-0.15, -0.1) is 0 Å². The summed E-state index contributed by atoms with van der Waals surface area (Å²) in [5, 5.41) is 0. The van der Waals surface area contributed by atoms with Crippen LogP contribution < -0.4 is 0 Å². The molecule has 23 heavy (non-hydrogen) atoms. The molecule has 1 heterocycles. The van der Waals surface area contributed by atoms with Crippen LogP contribution in [0, 0.1) is 0 Å². The van der Waals surface area contributed by atoms with E-state index >= 15 is 0 Å². The van der Waals surface area contributed by atoms with Gasteiger partial charge in [0, 0.05) is 11.4 Å². The molecule has 0 spiro atoms. The molecule has 0 radical (unpaired) electrons. The van der Waals surface area contributed by atoms with E-state index in [-0.39, 0.29) is 5.97 Å². The molecular weight excluding hydrogens is 286 g/mol. The van der Waals surface area contributed by atoms with Crippen LogP contribution in [0.3, 0.4) is 0 Å².